The lowest BCUT2D eigenvalue weighted by Crippen LogP contribution is -2.50. The van der Waals surface area contributed by atoms with Crippen molar-refractivity contribution in [1.29, 1.82) is 0 Å². The van der Waals surface area contributed by atoms with E-state index in [4.69, 9.17) is 0 Å². The van der Waals surface area contributed by atoms with Crippen molar-refractivity contribution in [3.8, 4) is 0 Å². The van der Waals surface area contributed by atoms with E-state index in [-0.39, 0.29) is 11.9 Å². The molecule has 2 atom stereocenters. The minimum atomic E-state index is -0.409. The van der Waals surface area contributed by atoms with Crippen molar-refractivity contribution in [2.24, 2.45) is 5.92 Å². The van der Waals surface area contributed by atoms with Gasteiger partial charge in [-0.05, 0) is 24.8 Å². The van der Waals surface area contributed by atoms with Gasteiger partial charge in [0, 0.05) is 23.6 Å². The van der Waals surface area contributed by atoms with Crippen LogP contribution in [0.3, 0.4) is 0 Å². The molecule has 1 aliphatic carbocycles. The maximum absolute atomic E-state index is 12.6. The second-order valence-electron chi connectivity index (χ2n) is 5.82. The van der Waals surface area contributed by atoms with Gasteiger partial charge in [-0.2, -0.15) is 0 Å². The van der Waals surface area contributed by atoms with Gasteiger partial charge in [-0.1, -0.05) is 30.4 Å². The summed E-state index contributed by atoms with van der Waals surface area (Å²) in [5.41, 5.74) is 1.36. The highest BCUT2D eigenvalue weighted by Crippen LogP contribution is 2.30. The number of aromatic amines is 1. The zero-order chi connectivity index (χ0) is 14.4. The van der Waals surface area contributed by atoms with Gasteiger partial charge in [0.2, 0.25) is 0 Å². The number of Topliss-reactive ketones (excluding diaryl/α,β-unsaturated/α-hetero) is 1. The number of hydrogen-bond acceptors (Lipinski definition) is 2. The van der Waals surface area contributed by atoms with Crippen LogP contribution in [0, 0.1) is 5.92 Å². The molecule has 1 saturated heterocycles. The first kappa shape index (κ1) is 12.4. The van der Waals surface area contributed by atoms with Gasteiger partial charge in [-0.25, -0.2) is 0 Å². The Bertz CT molecular complexity index is 759. The second-order valence-corrected chi connectivity index (χ2v) is 5.82. The van der Waals surface area contributed by atoms with Crippen LogP contribution in [0.15, 0.2) is 42.6 Å². The highest BCUT2D eigenvalue weighted by molar-refractivity contribution is 6.45. The summed E-state index contributed by atoms with van der Waals surface area (Å²) in [6, 6.07) is 7.65. The zero-order valence-electron chi connectivity index (χ0n) is 11.6. The van der Waals surface area contributed by atoms with Crippen LogP contribution in [0.2, 0.25) is 0 Å². The van der Waals surface area contributed by atoms with Crippen molar-refractivity contribution in [3.63, 3.8) is 0 Å². The van der Waals surface area contributed by atoms with E-state index in [1.54, 1.807) is 11.1 Å². The summed E-state index contributed by atoms with van der Waals surface area (Å²) >= 11 is 0. The molecule has 21 heavy (non-hydrogen) atoms. The number of ketones is 1. The molecule has 0 unspecified atom stereocenters. The lowest BCUT2D eigenvalue weighted by atomic mass is 9.85. The minimum Gasteiger partial charge on any atom is -0.360 e. The van der Waals surface area contributed by atoms with E-state index >= 15 is 0 Å². The highest BCUT2D eigenvalue weighted by Gasteiger charge is 2.36. The van der Waals surface area contributed by atoms with Crippen LogP contribution < -0.4 is 0 Å². The van der Waals surface area contributed by atoms with Crippen molar-refractivity contribution in [2.75, 3.05) is 6.54 Å². The molecule has 1 amide bonds. The van der Waals surface area contributed by atoms with E-state index in [2.05, 4.69) is 17.1 Å². The van der Waals surface area contributed by atoms with Crippen LogP contribution in [0.25, 0.3) is 10.9 Å². The van der Waals surface area contributed by atoms with Crippen LogP contribution >= 0.6 is 0 Å². The zero-order valence-corrected chi connectivity index (χ0v) is 11.6. The average Bonchev–Trinajstić information content (AvgIpc) is 2.98. The number of piperidine rings is 1. The van der Waals surface area contributed by atoms with E-state index in [1.807, 2.05) is 24.3 Å². The van der Waals surface area contributed by atoms with E-state index in [9.17, 15) is 9.59 Å². The number of H-pyrrole nitrogens is 1. The summed E-state index contributed by atoms with van der Waals surface area (Å²) in [6.45, 7) is 0.675. The number of aromatic nitrogens is 1. The maximum atomic E-state index is 12.6. The number of nitrogens with zero attached hydrogens (tertiary/aromatic N) is 1. The van der Waals surface area contributed by atoms with E-state index in [0.29, 0.717) is 18.0 Å². The molecule has 1 N–H and O–H groups in total. The van der Waals surface area contributed by atoms with Crippen molar-refractivity contribution >= 4 is 22.6 Å². The third kappa shape index (κ3) is 1.90. The third-order valence-electron chi connectivity index (χ3n) is 4.56. The average molecular weight is 280 g/mol. The highest BCUT2D eigenvalue weighted by atomic mass is 16.2. The molecule has 0 saturated carbocycles. The Morgan fingerprint density at radius 3 is 2.71 bits per heavy atom. The Balaban J connectivity index is 1.66. The topological polar surface area (TPSA) is 53.2 Å². The van der Waals surface area contributed by atoms with Crippen molar-refractivity contribution in [1.82, 2.24) is 9.88 Å². The van der Waals surface area contributed by atoms with E-state index in [1.165, 1.54) is 0 Å². The largest absolute Gasteiger partial charge is 0.360 e. The molecule has 0 spiro atoms. The molecule has 1 aromatic carbocycles. The van der Waals surface area contributed by atoms with Crippen LogP contribution in [-0.2, 0) is 4.79 Å². The van der Waals surface area contributed by atoms with Gasteiger partial charge >= 0.3 is 0 Å². The summed E-state index contributed by atoms with van der Waals surface area (Å²) < 4.78 is 0. The van der Waals surface area contributed by atoms with Crippen LogP contribution in [0.1, 0.15) is 23.2 Å². The van der Waals surface area contributed by atoms with Gasteiger partial charge in [0.25, 0.3) is 11.7 Å². The molecule has 5 rings (SSSR count). The molecular weight excluding hydrogens is 264 g/mol. The summed E-state index contributed by atoms with van der Waals surface area (Å²) in [4.78, 5) is 29.9. The fraction of sp³-hybridized carbons (Fsp3) is 0.294. The SMILES string of the molecule is O=C(C(=O)N1C[C@@H]2C=C[C@H]1CC2)c1c[nH]c2ccccc12. The molecule has 106 valence electrons. The number of carbonyl (C=O) groups excluding carboxylic acids is 2. The predicted octanol–water partition coefficient (Wildman–Crippen LogP) is 2.53. The fourth-order valence-electron chi connectivity index (χ4n) is 3.40. The Morgan fingerprint density at radius 2 is 2.00 bits per heavy atom. The summed E-state index contributed by atoms with van der Waals surface area (Å²) in [7, 11) is 0. The van der Waals surface area contributed by atoms with Crippen LogP contribution in [0.4, 0.5) is 0 Å². The van der Waals surface area contributed by atoms with Crippen LogP contribution in [-0.4, -0.2) is 34.2 Å². The molecule has 4 heteroatoms. The summed E-state index contributed by atoms with van der Waals surface area (Å²) in [5.74, 6) is -0.373. The Hall–Kier alpha value is -2.36. The lowest BCUT2D eigenvalue weighted by Gasteiger charge is -2.40. The molecule has 3 heterocycles. The monoisotopic (exact) mass is 280 g/mol. The summed E-state index contributed by atoms with van der Waals surface area (Å²) in [5, 5.41) is 0.813. The molecular formula is C17H16N2O2. The molecule has 2 aromatic rings. The first-order valence-electron chi connectivity index (χ1n) is 7.34. The van der Waals surface area contributed by atoms with E-state index in [0.717, 1.165) is 23.7 Å². The molecule has 2 bridgehead atoms. The quantitative estimate of drug-likeness (QED) is 0.522. The Labute approximate surface area is 122 Å². The van der Waals surface area contributed by atoms with Gasteiger partial charge in [-0.3, -0.25) is 9.59 Å². The first-order chi connectivity index (χ1) is 10.2. The minimum absolute atomic E-state index is 0.0941. The normalized spacial score (nSPS) is 23.7. The number of nitrogens with one attached hydrogen (secondary N) is 1. The van der Waals surface area contributed by atoms with Crippen molar-refractivity contribution in [3.05, 3.63) is 48.2 Å². The molecule has 0 radical (unpaired) electrons. The number of rotatable bonds is 2. The van der Waals surface area contributed by atoms with Crippen molar-refractivity contribution < 1.29 is 9.59 Å². The summed E-state index contributed by atoms with van der Waals surface area (Å²) in [6.07, 6.45) is 7.97. The number of fused-ring (bicyclic) bond motifs is 3. The number of hydrogen-bond donors (Lipinski definition) is 1. The number of carbonyl (C=O) groups is 2. The maximum Gasteiger partial charge on any atom is 0.295 e. The Morgan fingerprint density at radius 1 is 1.14 bits per heavy atom. The van der Waals surface area contributed by atoms with Gasteiger partial charge in [0.15, 0.2) is 0 Å². The van der Waals surface area contributed by atoms with E-state index < -0.39 is 5.78 Å². The van der Waals surface area contributed by atoms with Gasteiger partial charge in [0.05, 0.1) is 11.6 Å². The molecule has 4 nitrogen and oxygen atoms in total. The molecule has 1 aromatic heterocycles. The molecule has 3 aliphatic rings. The second kappa shape index (κ2) is 4.58. The fourth-order valence-corrected chi connectivity index (χ4v) is 3.40. The van der Waals surface area contributed by atoms with Gasteiger partial charge in [0.1, 0.15) is 0 Å². The number of amides is 1. The molecule has 2 aliphatic heterocycles. The predicted molar refractivity (Wildman–Crippen MR) is 80.0 cm³/mol. The standard InChI is InChI=1S/C17H16N2O2/c20-16(14-9-18-15-4-2-1-3-13(14)15)17(21)19-10-11-5-7-12(19)8-6-11/h1-5,7,9,11-12,18H,6,8,10H2/t11-,12+/m1/s1. The van der Waals surface area contributed by atoms with Crippen LogP contribution in [0.5, 0.6) is 0 Å². The number of benzene rings is 1. The third-order valence-corrected chi connectivity index (χ3v) is 4.56. The lowest BCUT2D eigenvalue weighted by molar-refractivity contribution is -0.130. The van der Waals surface area contributed by atoms with Gasteiger partial charge in [-0.15, -0.1) is 0 Å². The number of para-hydroxylation sites is 1. The molecule has 1 fully saturated rings. The van der Waals surface area contributed by atoms with Crippen molar-refractivity contribution in [2.45, 2.75) is 18.9 Å². The van der Waals surface area contributed by atoms with Gasteiger partial charge < -0.3 is 9.88 Å². The smallest absolute Gasteiger partial charge is 0.295 e. The Kier molecular flexibility index (Phi) is 2.70. The first-order valence-corrected chi connectivity index (χ1v) is 7.34.